The van der Waals surface area contributed by atoms with E-state index < -0.39 is 0 Å². The molecule has 15 heavy (non-hydrogen) atoms. The zero-order valence-electron chi connectivity index (χ0n) is 8.38. The van der Waals surface area contributed by atoms with Crippen molar-refractivity contribution in [1.29, 1.82) is 5.26 Å². The lowest BCUT2D eigenvalue weighted by molar-refractivity contribution is 0.662. The van der Waals surface area contributed by atoms with Crippen molar-refractivity contribution in [2.24, 2.45) is 0 Å². The summed E-state index contributed by atoms with van der Waals surface area (Å²) in [7, 11) is 0. The minimum absolute atomic E-state index is 0.465. The Balaban J connectivity index is 2.33. The van der Waals surface area contributed by atoms with Crippen LogP contribution in [0.3, 0.4) is 0 Å². The van der Waals surface area contributed by atoms with E-state index >= 15 is 0 Å². The van der Waals surface area contributed by atoms with Crippen molar-refractivity contribution in [3.05, 3.63) is 47.5 Å². The average molecular weight is 198 g/mol. The third-order valence-electron chi connectivity index (χ3n) is 2.25. The summed E-state index contributed by atoms with van der Waals surface area (Å²) in [5.41, 5.74) is 2.43. The Labute approximate surface area is 87.8 Å². The lowest BCUT2D eigenvalue weighted by Crippen LogP contribution is -2.05. The highest BCUT2D eigenvalue weighted by molar-refractivity contribution is 5.30. The second-order valence-electron chi connectivity index (χ2n) is 3.25. The molecule has 0 amide bonds. The predicted octanol–water partition coefficient (Wildman–Crippen LogP) is 1.51. The molecule has 0 aliphatic rings. The highest BCUT2D eigenvalue weighted by Gasteiger charge is 2.04. The lowest BCUT2D eigenvalue weighted by atomic mass is 10.2. The van der Waals surface area contributed by atoms with Gasteiger partial charge in [0, 0.05) is 23.7 Å². The van der Waals surface area contributed by atoms with Crippen molar-refractivity contribution in [3.8, 4) is 6.07 Å². The molecule has 0 aliphatic heterocycles. The highest BCUT2D eigenvalue weighted by Crippen LogP contribution is 2.07. The normalized spacial score (nSPS) is 9.87. The van der Waals surface area contributed by atoms with Crippen molar-refractivity contribution >= 4 is 0 Å². The summed E-state index contributed by atoms with van der Waals surface area (Å²) in [6.45, 7) is 2.57. The number of nitriles is 1. The van der Waals surface area contributed by atoms with Gasteiger partial charge in [0.05, 0.1) is 6.54 Å². The standard InChI is InChI=1S/C11H10N4/c1-9-4-6-14-15(9)8-10-3-2-5-13-11(10)7-12/h2-6H,8H2,1H3. The molecular weight excluding hydrogens is 188 g/mol. The SMILES string of the molecule is Cc1ccnn1Cc1cccnc1C#N. The molecule has 0 spiro atoms. The van der Waals surface area contributed by atoms with Crippen LogP contribution in [0.5, 0.6) is 0 Å². The summed E-state index contributed by atoms with van der Waals surface area (Å²) >= 11 is 0. The highest BCUT2D eigenvalue weighted by atomic mass is 15.3. The predicted molar refractivity (Wildman–Crippen MR) is 55.0 cm³/mol. The fraction of sp³-hybridized carbons (Fsp3) is 0.182. The van der Waals surface area contributed by atoms with Crippen LogP contribution in [-0.2, 0) is 6.54 Å². The van der Waals surface area contributed by atoms with Crippen LogP contribution in [0.25, 0.3) is 0 Å². The topological polar surface area (TPSA) is 54.5 Å². The monoisotopic (exact) mass is 198 g/mol. The number of nitrogens with zero attached hydrogens (tertiary/aromatic N) is 4. The number of aromatic nitrogens is 3. The molecule has 0 unspecified atom stereocenters. The van der Waals surface area contributed by atoms with E-state index in [4.69, 9.17) is 5.26 Å². The van der Waals surface area contributed by atoms with Crippen LogP contribution in [0.2, 0.25) is 0 Å². The zero-order chi connectivity index (χ0) is 10.7. The average Bonchev–Trinajstić information content (AvgIpc) is 2.65. The molecule has 2 rings (SSSR count). The zero-order valence-corrected chi connectivity index (χ0v) is 8.38. The summed E-state index contributed by atoms with van der Waals surface area (Å²) in [6.07, 6.45) is 3.37. The van der Waals surface area contributed by atoms with Gasteiger partial charge in [-0.1, -0.05) is 6.07 Å². The van der Waals surface area contributed by atoms with Gasteiger partial charge in [0.15, 0.2) is 0 Å². The van der Waals surface area contributed by atoms with Gasteiger partial charge in [0.2, 0.25) is 0 Å². The van der Waals surface area contributed by atoms with E-state index in [0.717, 1.165) is 11.3 Å². The van der Waals surface area contributed by atoms with E-state index in [1.807, 2.05) is 29.8 Å². The van der Waals surface area contributed by atoms with Crippen molar-refractivity contribution in [2.45, 2.75) is 13.5 Å². The van der Waals surface area contributed by atoms with E-state index in [-0.39, 0.29) is 0 Å². The van der Waals surface area contributed by atoms with Gasteiger partial charge in [-0.15, -0.1) is 0 Å². The molecule has 2 heterocycles. The second kappa shape index (κ2) is 3.93. The third kappa shape index (κ3) is 1.86. The van der Waals surface area contributed by atoms with Crippen LogP contribution in [0, 0.1) is 18.3 Å². The molecule has 2 aromatic rings. The van der Waals surface area contributed by atoms with Crippen LogP contribution >= 0.6 is 0 Å². The molecule has 0 atom stereocenters. The van der Waals surface area contributed by atoms with Crippen molar-refractivity contribution < 1.29 is 0 Å². The first-order valence-corrected chi connectivity index (χ1v) is 4.63. The molecule has 0 N–H and O–H groups in total. The molecule has 0 saturated carbocycles. The van der Waals surface area contributed by atoms with E-state index in [1.165, 1.54) is 0 Å². The minimum atomic E-state index is 0.465. The Morgan fingerprint density at radius 3 is 2.93 bits per heavy atom. The van der Waals surface area contributed by atoms with Crippen molar-refractivity contribution in [1.82, 2.24) is 14.8 Å². The Bertz CT molecular complexity index is 507. The van der Waals surface area contributed by atoms with Gasteiger partial charge in [0.25, 0.3) is 0 Å². The molecule has 0 bridgehead atoms. The van der Waals surface area contributed by atoms with E-state index in [2.05, 4.69) is 16.2 Å². The molecule has 2 aromatic heterocycles. The summed E-state index contributed by atoms with van der Waals surface area (Å²) in [5, 5.41) is 13.0. The van der Waals surface area contributed by atoms with Gasteiger partial charge in [-0.3, -0.25) is 4.68 Å². The van der Waals surface area contributed by atoms with Crippen LogP contribution in [-0.4, -0.2) is 14.8 Å². The van der Waals surface area contributed by atoms with Crippen molar-refractivity contribution in [3.63, 3.8) is 0 Å². The van der Waals surface area contributed by atoms with Gasteiger partial charge in [-0.25, -0.2) is 4.98 Å². The summed E-state index contributed by atoms with van der Waals surface area (Å²) in [4.78, 5) is 4.01. The van der Waals surface area contributed by atoms with Gasteiger partial charge in [-0.05, 0) is 19.1 Å². The molecule has 0 fully saturated rings. The van der Waals surface area contributed by atoms with E-state index in [9.17, 15) is 0 Å². The molecule has 0 aromatic carbocycles. The van der Waals surface area contributed by atoms with E-state index in [0.29, 0.717) is 12.2 Å². The minimum Gasteiger partial charge on any atom is -0.265 e. The molecule has 74 valence electrons. The van der Waals surface area contributed by atoms with Crippen LogP contribution < -0.4 is 0 Å². The maximum Gasteiger partial charge on any atom is 0.145 e. The quantitative estimate of drug-likeness (QED) is 0.734. The molecule has 0 radical (unpaired) electrons. The largest absolute Gasteiger partial charge is 0.265 e. The number of hydrogen-bond acceptors (Lipinski definition) is 3. The Morgan fingerprint density at radius 1 is 1.40 bits per heavy atom. The first-order valence-electron chi connectivity index (χ1n) is 4.63. The maximum absolute atomic E-state index is 8.87. The first kappa shape index (κ1) is 9.41. The Morgan fingerprint density at radius 2 is 2.27 bits per heavy atom. The van der Waals surface area contributed by atoms with Gasteiger partial charge in [0.1, 0.15) is 11.8 Å². The summed E-state index contributed by atoms with van der Waals surface area (Å²) < 4.78 is 1.85. The molecule has 0 aliphatic carbocycles. The summed E-state index contributed by atoms with van der Waals surface area (Å²) in [5.74, 6) is 0. The number of hydrogen-bond donors (Lipinski definition) is 0. The summed E-state index contributed by atoms with van der Waals surface area (Å²) in [6, 6.07) is 7.73. The molecule has 0 saturated heterocycles. The van der Waals surface area contributed by atoms with Gasteiger partial charge in [-0.2, -0.15) is 10.4 Å². The lowest BCUT2D eigenvalue weighted by Gasteiger charge is -2.05. The smallest absolute Gasteiger partial charge is 0.145 e. The fourth-order valence-electron chi connectivity index (χ4n) is 1.39. The fourth-order valence-corrected chi connectivity index (χ4v) is 1.39. The maximum atomic E-state index is 8.87. The van der Waals surface area contributed by atoms with Gasteiger partial charge < -0.3 is 0 Å². The van der Waals surface area contributed by atoms with Crippen LogP contribution in [0.1, 0.15) is 17.0 Å². The first-order chi connectivity index (χ1) is 7.31. The Hall–Kier alpha value is -2.15. The second-order valence-corrected chi connectivity index (χ2v) is 3.25. The van der Waals surface area contributed by atoms with Crippen molar-refractivity contribution in [2.75, 3.05) is 0 Å². The number of rotatable bonds is 2. The number of aryl methyl sites for hydroxylation is 1. The number of pyridine rings is 1. The Kier molecular flexibility index (Phi) is 2.46. The molecule has 4 heteroatoms. The third-order valence-corrected chi connectivity index (χ3v) is 2.25. The molecule has 4 nitrogen and oxygen atoms in total. The van der Waals surface area contributed by atoms with Gasteiger partial charge >= 0.3 is 0 Å². The van der Waals surface area contributed by atoms with Crippen LogP contribution in [0.4, 0.5) is 0 Å². The van der Waals surface area contributed by atoms with Crippen LogP contribution in [0.15, 0.2) is 30.6 Å². The molecular formula is C11H10N4. The van der Waals surface area contributed by atoms with E-state index in [1.54, 1.807) is 12.4 Å².